The van der Waals surface area contributed by atoms with E-state index in [4.69, 9.17) is 14.6 Å². The normalized spacial score (nSPS) is 10.3. The fraction of sp³-hybridized carbons (Fsp3) is 0.267. The number of aliphatic hydroxyl groups is 1. The van der Waals surface area contributed by atoms with E-state index in [0.717, 1.165) is 16.8 Å². The number of methoxy groups -OCH3 is 2. The molecule has 0 bridgehead atoms. The first-order valence-corrected chi connectivity index (χ1v) is 6.06. The molecule has 1 N–H and O–H groups in total. The third-order valence-electron chi connectivity index (χ3n) is 2.90. The van der Waals surface area contributed by atoms with E-state index in [9.17, 15) is 0 Å². The molecule has 0 radical (unpaired) electrons. The van der Waals surface area contributed by atoms with Crippen molar-refractivity contribution in [1.29, 1.82) is 0 Å². The van der Waals surface area contributed by atoms with Gasteiger partial charge in [0.05, 0.1) is 19.9 Å². The van der Waals surface area contributed by atoms with Crippen LogP contribution in [0.4, 0.5) is 0 Å². The van der Waals surface area contributed by atoms with Crippen LogP contribution < -0.4 is 9.47 Å². The number of hydrogen-bond acceptors (Lipinski definition) is 4. The molecule has 0 atom stereocenters. The van der Waals surface area contributed by atoms with Gasteiger partial charge in [0.2, 0.25) is 0 Å². The second-order valence-corrected chi connectivity index (χ2v) is 4.09. The summed E-state index contributed by atoms with van der Waals surface area (Å²) in [6.07, 6.45) is 2.37. The average molecular weight is 259 g/mol. The third kappa shape index (κ3) is 3.03. The first-order valence-electron chi connectivity index (χ1n) is 6.06. The SMILES string of the molecule is COc1ccc(-c2cc(CCO)ccn2)cc1OC. The van der Waals surface area contributed by atoms with Gasteiger partial charge in [-0.15, -0.1) is 0 Å². The van der Waals surface area contributed by atoms with Crippen LogP contribution in [0, 0.1) is 0 Å². The topological polar surface area (TPSA) is 51.6 Å². The number of aliphatic hydroxyl groups excluding tert-OH is 1. The summed E-state index contributed by atoms with van der Waals surface area (Å²) in [6, 6.07) is 9.56. The van der Waals surface area contributed by atoms with Crippen LogP contribution in [-0.2, 0) is 6.42 Å². The Morgan fingerprint density at radius 2 is 1.84 bits per heavy atom. The lowest BCUT2D eigenvalue weighted by molar-refractivity contribution is 0.299. The Bertz CT molecular complexity index is 555. The van der Waals surface area contributed by atoms with Crippen molar-refractivity contribution in [2.75, 3.05) is 20.8 Å². The zero-order valence-corrected chi connectivity index (χ0v) is 11.1. The number of benzene rings is 1. The van der Waals surface area contributed by atoms with Crippen LogP contribution >= 0.6 is 0 Å². The van der Waals surface area contributed by atoms with Crippen LogP contribution in [0.2, 0.25) is 0 Å². The Morgan fingerprint density at radius 1 is 1.05 bits per heavy atom. The molecule has 0 aliphatic heterocycles. The van der Waals surface area contributed by atoms with Gasteiger partial charge in [-0.2, -0.15) is 0 Å². The summed E-state index contributed by atoms with van der Waals surface area (Å²) < 4.78 is 10.5. The molecule has 0 fully saturated rings. The van der Waals surface area contributed by atoms with Gasteiger partial charge in [0.1, 0.15) is 0 Å². The maximum atomic E-state index is 8.97. The van der Waals surface area contributed by atoms with Gasteiger partial charge in [0.15, 0.2) is 11.5 Å². The maximum absolute atomic E-state index is 8.97. The molecule has 2 rings (SSSR count). The van der Waals surface area contributed by atoms with Gasteiger partial charge in [-0.05, 0) is 42.3 Å². The highest BCUT2D eigenvalue weighted by Crippen LogP contribution is 2.31. The predicted octanol–water partition coefficient (Wildman–Crippen LogP) is 2.30. The molecule has 0 aliphatic carbocycles. The van der Waals surface area contributed by atoms with Crippen LogP contribution in [0.1, 0.15) is 5.56 Å². The van der Waals surface area contributed by atoms with E-state index in [-0.39, 0.29) is 6.61 Å². The van der Waals surface area contributed by atoms with Crippen LogP contribution in [-0.4, -0.2) is 30.9 Å². The number of nitrogens with zero attached hydrogens (tertiary/aromatic N) is 1. The summed E-state index contributed by atoms with van der Waals surface area (Å²) in [6.45, 7) is 0.134. The summed E-state index contributed by atoms with van der Waals surface area (Å²) >= 11 is 0. The molecule has 100 valence electrons. The van der Waals surface area contributed by atoms with E-state index >= 15 is 0 Å². The molecular weight excluding hydrogens is 242 g/mol. The van der Waals surface area contributed by atoms with Gasteiger partial charge in [0.25, 0.3) is 0 Å². The van der Waals surface area contributed by atoms with Crippen molar-refractivity contribution in [2.24, 2.45) is 0 Å². The minimum Gasteiger partial charge on any atom is -0.493 e. The molecule has 0 spiro atoms. The van der Waals surface area contributed by atoms with Crippen LogP contribution in [0.3, 0.4) is 0 Å². The van der Waals surface area contributed by atoms with E-state index in [1.165, 1.54) is 0 Å². The molecule has 0 unspecified atom stereocenters. The van der Waals surface area contributed by atoms with Gasteiger partial charge in [0, 0.05) is 18.4 Å². The van der Waals surface area contributed by atoms with E-state index in [1.54, 1.807) is 20.4 Å². The lowest BCUT2D eigenvalue weighted by Gasteiger charge is -2.09. The third-order valence-corrected chi connectivity index (χ3v) is 2.90. The Balaban J connectivity index is 2.38. The predicted molar refractivity (Wildman–Crippen MR) is 73.6 cm³/mol. The molecule has 1 aromatic heterocycles. The molecule has 0 aliphatic rings. The second-order valence-electron chi connectivity index (χ2n) is 4.09. The number of pyridine rings is 1. The summed E-state index contributed by atoms with van der Waals surface area (Å²) in [7, 11) is 3.22. The number of hydrogen-bond donors (Lipinski definition) is 1. The first-order chi connectivity index (χ1) is 9.28. The smallest absolute Gasteiger partial charge is 0.161 e. The summed E-state index contributed by atoms with van der Waals surface area (Å²) in [4.78, 5) is 4.34. The van der Waals surface area contributed by atoms with Crippen molar-refractivity contribution >= 4 is 0 Å². The molecular formula is C15H17NO3. The van der Waals surface area contributed by atoms with Crippen molar-refractivity contribution in [3.05, 3.63) is 42.1 Å². The van der Waals surface area contributed by atoms with Crippen molar-refractivity contribution < 1.29 is 14.6 Å². The zero-order chi connectivity index (χ0) is 13.7. The number of ether oxygens (including phenoxy) is 2. The van der Waals surface area contributed by atoms with Gasteiger partial charge >= 0.3 is 0 Å². The fourth-order valence-electron chi connectivity index (χ4n) is 1.91. The molecule has 19 heavy (non-hydrogen) atoms. The highest BCUT2D eigenvalue weighted by molar-refractivity contribution is 5.64. The van der Waals surface area contributed by atoms with Crippen LogP contribution in [0.5, 0.6) is 11.5 Å². The first kappa shape index (κ1) is 13.4. The van der Waals surface area contributed by atoms with E-state index in [0.29, 0.717) is 17.9 Å². The van der Waals surface area contributed by atoms with Crippen LogP contribution in [0.25, 0.3) is 11.3 Å². The van der Waals surface area contributed by atoms with E-state index < -0.39 is 0 Å². The molecule has 2 aromatic rings. The second kappa shape index (κ2) is 6.20. The molecule has 0 saturated heterocycles. The summed E-state index contributed by atoms with van der Waals surface area (Å²) in [5, 5.41) is 8.97. The van der Waals surface area contributed by atoms with Gasteiger partial charge in [-0.1, -0.05) is 0 Å². The largest absolute Gasteiger partial charge is 0.493 e. The average Bonchev–Trinajstić information content (AvgIpc) is 2.47. The maximum Gasteiger partial charge on any atom is 0.161 e. The molecule has 0 saturated carbocycles. The van der Waals surface area contributed by atoms with E-state index in [1.807, 2.05) is 30.3 Å². The van der Waals surface area contributed by atoms with Crippen LogP contribution in [0.15, 0.2) is 36.5 Å². The van der Waals surface area contributed by atoms with Crippen molar-refractivity contribution in [1.82, 2.24) is 4.98 Å². The number of aromatic nitrogens is 1. The van der Waals surface area contributed by atoms with Gasteiger partial charge < -0.3 is 14.6 Å². The van der Waals surface area contributed by atoms with Crippen molar-refractivity contribution in [3.63, 3.8) is 0 Å². The minimum absolute atomic E-state index is 0.134. The highest BCUT2D eigenvalue weighted by atomic mass is 16.5. The van der Waals surface area contributed by atoms with Crippen molar-refractivity contribution in [3.8, 4) is 22.8 Å². The monoisotopic (exact) mass is 259 g/mol. The summed E-state index contributed by atoms with van der Waals surface area (Å²) in [5.74, 6) is 1.37. The zero-order valence-electron chi connectivity index (χ0n) is 11.1. The van der Waals surface area contributed by atoms with E-state index in [2.05, 4.69) is 4.98 Å². The lowest BCUT2D eigenvalue weighted by Crippen LogP contribution is -1.94. The van der Waals surface area contributed by atoms with Gasteiger partial charge in [-0.25, -0.2) is 0 Å². The molecule has 0 amide bonds. The Labute approximate surface area is 112 Å². The lowest BCUT2D eigenvalue weighted by atomic mass is 10.1. The highest BCUT2D eigenvalue weighted by Gasteiger charge is 2.07. The van der Waals surface area contributed by atoms with Crippen molar-refractivity contribution in [2.45, 2.75) is 6.42 Å². The summed E-state index contributed by atoms with van der Waals surface area (Å²) in [5.41, 5.74) is 2.87. The van der Waals surface area contributed by atoms with Gasteiger partial charge in [-0.3, -0.25) is 4.98 Å². The quantitative estimate of drug-likeness (QED) is 0.895. The Hall–Kier alpha value is -2.07. The number of rotatable bonds is 5. The Morgan fingerprint density at radius 3 is 2.53 bits per heavy atom. The fourth-order valence-corrected chi connectivity index (χ4v) is 1.91. The molecule has 4 heteroatoms. The molecule has 1 heterocycles. The minimum atomic E-state index is 0.134. The Kier molecular flexibility index (Phi) is 4.36. The molecule has 4 nitrogen and oxygen atoms in total. The standard InChI is InChI=1S/C15H17NO3/c1-18-14-4-3-12(10-15(14)19-2)13-9-11(6-8-17)5-7-16-13/h3-5,7,9-10,17H,6,8H2,1-2H3. The molecule has 1 aromatic carbocycles.